The van der Waals surface area contributed by atoms with E-state index in [1.165, 1.54) is 6.92 Å². The van der Waals surface area contributed by atoms with Crippen LogP contribution in [0.3, 0.4) is 0 Å². The monoisotopic (exact) mass is 446 g/mol. The summed E-state index contributed by atoms with van der Waals surface area (Å²) in [5, 5.41) is 70.3. The molecule has 0 bridgehead atoms. The van der Waals surface area contributed by atoms with E-state index in [0.717, 1.165) is 0 Å². The first kappa shape index (κ1) is 24.4. The van der Waals surface area contributed by atoms with Crippen LogP contribution >= 0.6 is 0 Å². The van der Waals surface area contributed by atoms with Crippen LogP contribution in [-0.4, -0.2) is 110 Å². The van der Waals surface area contributed by atoms with E-state index in [-0.39, 0.29) is 13.2 Å². The molecule has 1 aromatic rings. The Bertz CT molecular complexity index is 676. The maximum absolute atomic E-state index is 10.2. The molecular formula is C20H30O11. The molecule has 0 aliphatic carbocycles. The smallest absolute Gasteiger partial charge is 0.186 e. The second-order valence-corrected chi connectivity index (χ2v) is 7.79. The van der Waals surface area contributed by atoms with E-state index in [2.05, 4.69) is 0 Å². The number of hydrogen-bond acceptors (Lipinski definition) is 11. The third-order valence-electron chi connectivity index (χ3n) is 5.50. The lowest BCUT2D eigenvalue weighted by Gasteiger charge is -2.42. The Morgan fingerprint density at radius 2 is 1.35 bits per heavy atom. The molecule has 11 heteroatoms. The van der Waals surface area contributed by atoms with E-state index in [0.29, 0.717) is 5.56 Å². The van der Waals surface area contributed by atoms with Crippen LogP contribution in [0.2, 0.25) is 0 Å². The predicted molar refractivity (Wildman–Crippen MR) is 102 cm³/mol. The summed E-state index contributed by atoms with van der Waals surface area (Å²) in [6.07, 6.45) is -14.7. The van der Waals surface area contributed by atoms with Gasteiger partial charge in [0, 0.05) is 0 Å². The highest BCUT2D eigenvalue weighted by molar-refractivity contribution is 5.17. The van der Waals surface area contributed by atoms with Gasteiger partial charge < -0.3 is 54.7 Å². The minimum atomic E-state index is -1.62. The Balaban J connectivity index is 1.57. The van der Waals surface area contributed by atoms with Crippen LogP contribution in [0.4, 0.5) is 0 Å². The van der Waals surface area contributed by atoms with E-state index >= 15 is 0 Å². The first-order chi connectivity index (χ1) is 14.7. The Morgan fingerprint density at radius 3 is 2.00 bits per heavy atom. The van der Waals surface area contributed by atoms with Crippen LogP contribution in [0, 0.1) is 0 Å². The molecule has 2 aliphatic heterocycles. The van der Waals surface area contributed by atoms with Crippen molar-refractivity contribution in [2.24, 2.45) is 0 Å². The zero-order chi connectivity index (χ0) is 22.7. The summed E-state index contributed by atoms with van der Waals surface area (Å²) < 4.78 is 21.6. The van der Waals surface area contributed by atoms with Gasteiger partial charge in [0.25, 0.3) is 0 Å². The second-order valence-electron chi connectivity index (χ2n) is 7.79. The molecule has 176 valence electrons. The van der Waals surface area contributed by atoms with Gasteiger partial charge in [-0.2, -0.15) is 0 Å². The second kappa shape index (κ2) is 10.6. The molecule has 2 fully saturated rings. The first-order valence-electron chi connectivity index (χ1n) is 10.1. The van der Waals surface area contributed by atoms with Crippen LogP contribution in [0.25, 0.3) is 0 Å². The molecule has 0 amide bonds. The maximum atomic E-state index is 10.2. The van der Waals surface area contributed by atoms with Gasteiger partial charge in [-0.15, -0.1) is 0 Å². The van der Waals surface area contributed by atoms with Crippen molar-refractivity contribution in [2.45, 2.75) is 74.4 Å². The minimum Gasteiger partial charge on any atom is -0.388 e. The van der Waals surface area contributed by atoms with Gasteiger partial charge in [0.1, 0.15) is 48.8 Å². The van der Waals surface area contributed by atoms with Crippen molar-refractivity contribution in [3.05, 3.63) is 35.9 Å². The van der Waals surface area contributed by atoms with Gasteiger partial charge >= 0.3 is 0 Å². The summed E-state index contributed by atoms with van der Waals surface area (Å²) in [5.41, 5.74) is 0.589. The van der Waals surface area contributed by atoms with Crippen LogP contribution in [0.15, 0.2) is 30.3 Å². The fraction of sp³-hybridized carbons (Fsp3) is 0.700. The van der Waals surface area contributed by atoms with Gasteiger partial charge in [-0.1, -0.05) is 30.3 Å². The topological polar surface area (TPSA) is 179 Å². The van der Waals surface area contributed by atoms with Crippen molar-refractivity contribution in [1.82, 2.24) is 0 Å². The lowest BCUT2D eigenvalue weighted by Crippen LogP contribution is -2.61. The number of aliphatic hydroxyl groups is 7. The highest BCUT2D eigenvalue weighted by atomic mass is 16.7. The average molecular weight is 446 g/mol. The van der Waals surface area contributed by atoms with E-state index < -0.39 is 67.5 Å². The largest absolute Gasteiger partial charge is 0.388 e. The predicted octanol–water partition coefficient (Wildman–Crippen LogP) is -2.61. The molecule has 11 atom stereocenters. The molecule has 1 unspecified atom stereocenters. The van der Waals surface area contributed by atoms with Gasteiger partial charge in [-0.3, -0.25) is 0 Å². The Labute approximate surface area is 179 Å². The zero-order valence-corrected chi connectivity index (χ0v) is 16.9. The number of hydrogen-bond donors (Lipinski definition) is 7. The summed E-state index contributed by atoms with van der Waals surface area (Å²) in [6.45, 7) is 0.863. The standard InChI is InChI=1S/C20H30O11/c1-9-13(22)15(24)17(26)19(30-9)29-8-12-14(23)16(25)18(27)20(31-12)28-7-11(21)10-5-3-2-4-6-10/h2-6,9,11-27H,7-8H2,1H3/t9-,11?,12+,13-,14+,15+,16-,17+,18+,19+,20+/m0/s1. The van der Waals surface area contributed by atoms with Crippen molar-refractivity contribution in [1.29, 1.82) is 0 Å². The number of aliphatic hydroxyl groups excluding tert-OH is 7. The fourth-order valence-corrected chi connectivity index (χ4v) is 3.49. The molecule has 0 saturated carbocycles. The first-order valence-corrected chi connectivity index (χ1v) is 10.1. The average Bonchev–Trinajstić information content (AvgIpc) is 2.78. The van der Waals surface area contributed by atoms with Gasteiger partial charge in [-0.05, 0) is 12.5 Å². The Hall–Kier alpha value is -1.22. The molecule has 11 nitrogen and oxygen atoms in total. The van der Waals surface area contributed by atoms with Crippen molar-refractivity contribution in [3.63, 3.8) is 0 Å². The molecule has 1 aromatic carbocycles. The summed E-state index contributed by atoms with van der Waals surface area (Å²) in [6, 6.07) is 8.68. The lowest BCUT2D eigenvalue weighted by molar-refractivity contribution is -0.329. The summed E-state index contributed by atoms with van der Waals surface area (Å²) in [4.78, 5) is 0. The Kier molecular flexibility index (Phi) is 8.35. The third-order valence-corrected chi connectivity index (χ3v) is 5.50. The van der Waals surface area contributed by atoms with Crippen LogP contribution in [0.1, 0.15) is 18.6 Å². The summed E-state index contributed by atoms with van der Waals surface area (Å²) >= 11 is 0. The summed E-state index contributed by atoms with van der Waals surface area (Å²) in [7, 11) is 0. The van der Waals surface area contributed by atoms with E-state index in [9.17, 15) is 35.7 Å². The van der Waals surface area contributed by atoms with E-state index in [1.54, 1.807) is 30.3 Å². The quantitative estimate of drug-likeness (QED) is 0.233. The SMILES string of the molecule is C[C@@H]1O[C@@H](OC[C@H]2O[C@@H](OCC(O)c3ccccc3)[C@H](O)[C@@H](O)[C@@H]2O)[C@H](O)[C@H](O)[C@H]1O. The van der Waals surface area contributed by atoms with Gasteiger partial charge in [-0.25, -0.2) is 0 Å². The molecule has 0 spiro atoms. The van der Waals surface area contributed by atoms with Crippen molar-refractivity contribution in [3.8, 4) is 0 Å². The van der Waals surface area contributed by atoms with Gasteiger partial charge in [0.05, 0.1) is 19.3 Å². The molecule has 3 rings (SSSR count). The normalized spacial score (nSPS) is 42.3. The van der Waals surface area contributed by atoms with Crippen LogP contribution in [-0.2, 0) is 18.9 Å². The zero-order valence-electron chi connectivity index (χ0n) is 16.9. The van der Waals surface area contributed by atoms with Crippen molar-refractivity contribution < 1.29 is 54.7 Å². The van der Waals surface area contributed by atoms with Crippen molar-refractivity contribution in [2.75, 3.05) is 13.2 Å². The minimum absolute atomic E-state index is 0.242. The molecule has 2 aliphatic rings. The van der Waals surface area contributed by atoms with Crippen LogP contribution in [0.5, 0.6) is 0 Å². The lowest BCUT2D eigenvalue weighted by atomic mass is 9.98. The molecule has 2 saturated heterocycles. The molecule has 0 aromatic heterocycles. The third kappa shape index (κ3) is 5.59. The van der Waals surface area contributed by atoms with Crippen LogP contribution < -0.4 is 0 Å². The Morgan fingerprint density at radius 1 is 0.774 bits per heavy atom. The molecule has 2 heterocycles. The molecule has 31 heavy (non-hydrogen) atoms. The number of rotatable bonds is 7. The maximum Gasteiger partial charge on any atom is 0.186 e. The number of benzene rings is 1. The summed E-state index contributed by atoms with van der Waals surface area (Å²) in [5.74, 6) is 0. The van der Waals surface area contributed by atoms with E-state index in [4.69, 9.17) is 18.9 Å². The van der Waals surface area contributed by atoms with Crippen molar-refractivity contribution >= 4 is 0 Å². The highest BCUT2D eigenvalue weighted by Gasteiger charge is 2.46. The van der Waals surface area contributed by atoms with Gasteiger partial charge in [0.2, 0.25) is 0 Å². The van der Waals surface area contributed by atoms with Gasteiger partial charge in [0.15, 0.2) is 12.6 Å². The molecular weight excluding hydrogens is 416 g/mol. The van der Waals surface area contributed by atoms with E-state index in [1.807, 2.05) is 0 Å². The number of ether oxygens (including phenoxy) is 4. The molecule has 7 N–H and O–H groups in total. The highest BCUT2D eigenvalue weighted by Crippen LogP contribution is 2.26. The fourth-order valence-electron chi connectivity index (χ4n) is 3.49. The molecule has 0 radical (unpaired) electrons.